The normalized spacial score (nSPS) is 26.2. The van der Waals surface area contributed by atoms with Crippen molar-refractivity contribution in [2.24, 2.45) is 11.8 Å². The number of Topliss-reactive ketones (excluding diaryl/α,β-unsaturated/α-hetero) is 1. The predicted molar refractivity (Wildman–Crippen MR) is 82.0 cm³/mol. The van der Waals surface area contributed by atoms with Crippen molar-refractivity contribution in [3.8, 4) is 0 Å². The molecule has 1 N–H and O–H groups in total. The van der Waals surface area contributed by atoms with Crippen LogP contribution in [0.1, 0.15) is 55.6 Å². The summed E-state index contributed by atoms with van der Waals surface area (Å²) in [5, 5.41) is 5.00. The van der Waals surface area contributed by atoms with Gasteiger partial charge in [-0.25, -0.2) is 0 Å². The van der Waals surface area contributed by atoms with E-state index in [4.69, 9.17) is 0 Å². The van der Waals surface area contributed by atoms with Crippen molar-refractivity contribution < 1.29 is 9.59 Å². The molecule has 1 aromatic heterocycles. The molecule has 20 heavy (non-hydrogen) atoms. The van der Waals surface area contributed by atoms with Crippen molar-refractivity contribution in [3.05, 3.63) is 22.4 Å². The summed E-state index contributed by atoms with van der Waals surface area (Å²) in [6.45, 7) is 4.47. The third-order valence-corrected chi connectivity index (χ3v) is 5.34. The van der Waals surface area contributed by atoms with E-state index in [1.807, 2.05) is 17.5 Å². The Labute approximate surface area is 124 Å². The Morgan fingerprint density at radius 2 is 2.10 bits per heavy atom. The van der Waals surface area contributed by atoms with Crippen LogP contribution in [0.25, 0.3) is 0 Å². The largest absolute Gasteiger partial charge is 0.353 e. The Morgan fingerprint density at radius 1 is 1.30 bits per heavy atom. The van der Waals surface area contributed by atoms with Gasteiger partial charge in [0.1, 0.15) is 0 Å². The molecular formula is C16H23NO2S. The lowest BCUT2D eigenvalue weighted by Crippen LogP contribution is -2.43. The molecule has 1 fully saturated rings. The van der Waals surface area contributed by atoms with Crippen LogP contribution in [0.15, 0.2) is 17.5 Å². The van der Waals surface area contributed by atoms with Crippen molar-refractivity contribution in [2.75, 3.05) is 0 Å². The Bertz CT molecular complexity index is 455. The topological polar surface area (TPSA) is 46.2 Å². The first-order valence-electron chi connectivity index (χ1n) is 7.44. The fraction of sp³-hybridized carbons (Fsp3) is 0.625. The van der Waals surface area contributed by atoms with Crippen molar-refractivity contribution in [2.45, 2.75) is 52.0 Å². The molecule has 0 aliphatic heterocycles. The molecule has 3 atom stereocenters. The fourth-order valence-electron chi connectivity index (χ4n) is 2.85. The van der Waals surface area contributed by atoms with Crippen molar-refractivity contribution in [1.29, 1.82) is 0 Å². The molecule has 0 radical (unpaired) electrons. The smallest absolute Gasteiger partial charge is 0.220 e. The van der Waals surface area contributed by atoms with Gasteiger partial charge in [0.05, 0.1) is 4.88 Å². The Hall–Kier alpha value is -1.16. The number of thiophene rings is 1. The van der Waals surface area contributed by atoms with Crippen molar-refractivity contribution >= 4 is 23.0 Å². The van der Waals surface area contributed by atoms with Gasteiger partial charge in [0.15, 0.2) is 5.78 Å². The number of ketones is 1. The van der Waals surface area contributed by atoms with Crippen LogP contribution < -0.4 is 5.32 Å². The molecule has 2 rings (SSSR count). The maximum absolute atomic E-state index is 12.0. The lowest BCUT2D eigenvalue weighted by Gasteiger charge is -2.34. The monoisotopic (exact) mass is 293 g/mol. The first-order valence-corrected chi connectivity index (χ1v) is 8.32. The summed E-state index contributed by atoms with van der Waals surface area (Å²) in [7, 11) is 0. The zero-order valence-electron chi connectivity index (χ0n) is 12.2. The fourth-order valence-corrected chi connectivity index (χ4v) is 3.55. The maximum atomic E-state index is 12.0. The Balaban J connectivity index is 1.76. The van der Waals surface area contributed by atoms with Crippen LogP contribution in [-0.2, 0) is 4.79 Å². The van der Waals surface area contributed by atoms with Crippen LogP contribution in [0.3, 0.4) is 0 Å². The van der Waals surface area contributed by atoms with Crippen LogP contribution in [-0.4, -0.2) is 17.7 Å². The van der Waals surface area contributed by atoms with Gasteiger partial charge >= 0.3 is 0 Å². The molecule has 1 aliphatic rings. The molecule has 0 aromatic carbocycles. The Kier molecular flexibility index (Phi) is 5.35. The van der Waals surface area contributed by atoms with Crippen molar-refractivity contribution in [3.63, 3.8) is 0 Å². The average molecular weight is 293 g/mol. The molecule has 1 amide bonds. The molecule has 0 unspecified atom stereocenters. The summed E-state index contributed by atoms with van der Waals surface area (Å²) in [5.74, 6) is 1.28. The Morgan fingerprint density at radius 3 is 2.80 bits per heavy atom. The van der Waals surface area contributed by atoms with Crippen molar-refractivity contribution in [1.82, 2.24) is 5.32 Å². The van der Waals surface area contributed by atoms with E-state index in [0.29, 0.717) is 24.7 Å². The highest BCUT2D eigenvalue weighted by atomic mass is 32.1. The first kappa shape index (κ1) is 15.2. The number of nitrogens with one attached hydrogen (secondary N) is 1. The predicted octanol–water partition coefficient (Wildman–Crippen LogP) is 3.65. The molecule has 0 bridgehead atoms. The lowest BCUT2D eigenvalue weighted by atomic mass is 9.78. The van der Waals surface area contributed by atoms with Gasteiger partial charge in [0.2, 0.25) is 5.91 Å². The molecule has 4 heteroatoms. The minimum absolute atomic E-state index is 0.0147. The van der Waals surface area contributed by atoms with E-state index in [9.17, 15) is 9.59 Å². The van der Waals surface area contributed by atoms with Gasteiger partial charge in [0.25, 0.3) is 0 Å². The van der Waals surface area contributed by atoms with Crippen LogP contribution in [0.4, 0.5) is 0 Å². The summed E-state index contributed by atoms with van der Waals surface area (Å²) in [6, 6.07) is 3.96. The van der Waals surface area contributed by atoms with E-state index in [2.05, 4.69) is 19.2 Å². The summed E-state index contributed by atoms with van der Waals surface area (Å²) in [5.41, 5.74) is 0. The van der Waals surface area contributed by atoms with Crippen LogP contribution >= 0.6 is 11.3 Å². The molecule has 1 aliphatic carbocycles. The summed E-state index contributed by atoms with van der Waals surface area (Å²) >= 11 is 1.44. The first-order chi connectivity index (χ1) is 9.58. The molecular weight excluding hydrogens is 270 g/mol. The molecule has 0 saturated heterocycles. The zero-order chi connectivity index (χ0) is 14.5. The molecule has 1 aromatic rings. The number of hydrogen-bond donors (Lipinski definition) is 1. The van der Waals surface area contributed by atoms with Gasteiger partial charge in [0, 0.05) is 18.9 Å². The van der Waals surface area contributed by atoms with Gasteiger partial charge in [-0.1, -0.05) is 32.8 Å². The molecule has 1 saturated carbocycles. The second-order valence-electron chi connectivity index (χ2n) is 5.84. The second kappa shape index (κ2) is 7.02. The summed E-state index contributed by atoms with van der Waals surface area (Å²) < 4.78 is 0. The summed E-state index contributed by atoms with van der Waals surface area (Å²) in [6.07, 6.45) is 4.11. The molecule has 110 valence electrons. The number of hydrogen-bond acceptors (Lipinski definition) is 3. The standard InChI is InChI=1S/C16H23NO2S/c1-11-5-3-6-13(12(11)2)17-16(19)9-8-14(18)15-7-4-10-20-15/h4,7,10-13H,3,5-6,8-9H2,1-2H3,(H,17,19)/t11-,12+,13-/m0/s1. The van der Waals surface area contributed by atoms with Crippen LogP contribution in [0.2, 0.25) is 0 Å². The third kappa shape index (κ3) is 3.92. The SMILES string of the molecule is C[C@H]1[C@@H](NC(=O)CCC(=O)c2cccs2)CCC[C@@H]1C. The lowest BCUT2D eigenvalue weighted by molar-refractivity contribution is -0.122. The van der Waals surface area contributed by atoms with Gasteiger partial charge in [-0.3, -0.25) is 9.59 Å². The third-order valence-electron chi connectivity index (χ3n) is 4.43. The maximum Gasteiger partial charge on any atom is 0.220 e. The molecule has 3 nitrogen and oxygen atoms in total. The number of carbonyl (C=O) groups excluding carboxylic acids is 2. The van der Waals surface area contributed by atoms with Gasteiger partial charge in [-0.15, -0.1) is 11.3 Å². The van der Waals surface area contributed by atoms with Gasteiger partial charge < -0.3 is 5.32 Å². The summed E-state index contributed by atoms with van der Waals surface area (Å²) in [4.78, 5) is 24.6. The van der Waals surface area contributed by atoms with E-state index < -0.39 is 0 Å². The molecule has 0 spiro atoms. The quantitative estimate of drug-likeness (QED) is 0.842. The highest BCUT2D eigenvalue weighted by Crippen LogP contribution is 2.29. The number of carbonyl (C=O) groups is 2. The average Bonchev–Trinajstić information content (AvgIpc) is 2.95. The molecule has 1 heterocycles. The number of amides is 1. The minimum atomic E-state index is 0.0147. The highest BCUT2D eigenvalue weighted by Gasteiger charge is 2.28. The van der Waals surface area contributed by atoms with E-state index in [0.717, 1.165) is 11.3 Å². The van der Waals surface area contributed by atoms with Crippen LogP contribution in [0, 0.1) is 11.8 Å². The number of rotatable bonds is 5. The minimum Gasteiger partial charge on any atom is -0.353 e. The van der Waals surface area contributed by atoms with E-state index in [1.54, 1.807) is 0 Å². The van der Waals surface area contributed by atoms with E-state index >= 15 is 0 Å². The van der Waals surface area contributed by atoms with Crippen LogP contribution in [0.5, 0.6) is 0 Å². The zero-order valence-corrected chi connectivity index (χ0v) is 13.0. The van der Waals surface area contributed by atoms with E-state index in [1.165, 1.54) is 24.2 Å². The van der Waals surface area contributed by atoms with Gasteiger partial charge in [-0.05, 0) is 29.7 Å². The second-order valence-corrected chi connectivity index (χ2v) is 6.79. The van der Waals surface area contributed by atoms with E-state index in [-0.39, 0.29) is 17.7 Å². The van der Waals surface area contributed by atoms with Gasteiger partial charge in [-0.2, -0.15) is 0 Å². The highest BCUT2D eigenvalue weighted by molar-refractivity contribution is 7.12.